The van der Waals surface area contributed by atoms with Gasteiger partial charge in [0, 0.05) is 18.7 Å². The van der Waals surface area contributed by atoms with Crippen molar-refractivity contribution in [1.82, 2.24) is 10.2 Å². The number of carbonyl (C=O) groups is 1. The first-order chi connectivity index (χ1) is 10.6. The first kappa shape index (κ1) is 14.4. The maximum Gasteiger partial charge on any atom is 0.251 e. The molecule has 1 amide bonds. The Morgan fingerprint density at radius 2 is 1.64 bits per heavy atom. The van der Waals surface area contributed by atoms with Crippen LogP contribution >= 0.6 is 0 Å². The van der Waals surface area contributed by atoms with Crippen molar-refractivity contribution in [2.45, 2.75) is 0 Å². The van der Waals surface area contributed by atoms with Crippen LogP contribution in [0.3, 0.4) is 0 Å². The number of amides is 1. The number of hydrogen-bond donors (Lipinski definition) is 1. The van der Waals surface area contributed by atoms with Crippen LogP contribution in [0.4, 0.5) is 0 Å². The average Bonchev–Trinajstić information content (AvgIpc) is 2.51. The molecule has 0 aromatic heterocycles. The molecule has 22 heavy (non-hydrogen) atoms. The molecule has 1 N–H and O–H groups in total. The van der Waals surface area contributed by atoms with Crippen molar-refractivity contribution >= 4 is 5.91 Å². The van der Waals surface area contributed by atoms with Crippen LogP contribution in [-0.2, 0) is 0 Å². The third-order valence-electron chi connectivity index (χ3n) is 3.34. The van der Waals surface area contributed by atoms with E-state index in [0.717, 1.165) is 6.54 Å². The predicted molar refractivity (Wildman–Crippen MR) is 83.9 cm³/mol. The van der Waals surface area contributed by atoms with E-state index < -0.39 is 0 Å². The van der Waals surface area contributed by atoms with Gasteiger partial charge in [0.1, 0.15) is 0 Å². The molecule has 2 aromatic carbocycles. The van der Waals surface area contributed by atoms with Crippen molar-refractivity contribution < 1.29 is 14.3 Å². The lowest BCUT2D eigenvalue weighted by Gasteiger charge is -2.20. The molecule has 0 atom stereocenters. The van der Waals surface area contributed by atoms with Crippen LogP contribution in [0, 0.1) is 0 Å². The topological polar surface area (TPSA) is 50.8 Å². The number of ether oxygens (including phenoxy) is 2. The number of benzene rings is 2. The van der Waals surface area contributed by atoms with E-state index in [1.54, 1.807) is 18.2 Å². The maximum absolute atomic E-state index is 12.1. The molecule has 0 aliphatic carbocycles. The first-order valence-corrected chi connectivity index (χ1v) is 7.15. The third-order valence-corrected chi connectivity index (χ3v) is 3.34. The molecule has 0 saturated heterocycles. The quantitative estimate of drug-likeness (QED) is 0.804. The summed E-state index contributed by atoms with van der Waals surface area (Å²) in [6, 6.07) is 12.6. The molecule has 5 heteroatoms. The van der Waals surface area contributed by atoms with Crippen molar-refractivity contribution in [1.29, 1.82) is 0 Å². The van der Waals surface area contributed by atoms with Crippen LogP contribution in [0.1, 0.15) is 10.4 Å². The summed E-state index contributed by atoms with van der Waals surface area (Å²) in [5.41, 5.74) is 0.556. The van der Waals surface area contributed by atoms with E-state index in [-0.39, 0.29) is 5.91 Å². The molecule has 0 fully saturated rings. The minimum absolute atomic E-state index is 0.118. The molecular weight excluding hydrogens is 280 g/mol. The Hall–Kier alpha value is -2.53. The van der Waals surface area contributed by atoms with Crippen molar-refractivity contribution in [2.75, 3.05) is 27.2 Å². The lowest BCUT2D eigenvalue weighted by molar-refractivity contribution is 0.0950. The number of hydrogen-bond acceptors (Lipinski definition) is 4. The zero-order chi connectivity index (χ0) is 15.5. The Labute approximate surface area is 129 Å². The monoisotopic (exact) mass is 298 g/mol. The van der Waals surface area contributed by atoms with Gasteiger partial charge in [-0.1, -0.05) is 12.1 Å². The van der Waals surface area contributed by atoms with E-state index in [2.05, 4.69) is 5.32 Å². The maximum atomic E-state index is 12.1. The molecule has 1 heterocycles. The van der Waals surface area contributed by atoms with Gasteiger partial charge in [-0.2, -0.15) is 0 Å². The molecule has 0 radical (unpaired) electrons. The Bertz CT molecular complexity index is 698. The molecule has 0 bridgehead atoms. The zero-order valence-electron chi connectivity index (χ0n) is 12.6. The average molecular weight is 298 g/mol. The molecule has 114 valence electrons. The Kier molecular flexibility index (Phi) is 3.98. The van der Waals surface area contributed by atoms with Crippen LogP contribution in [0.5, 0.6) is 23.0 Å². The Morgan fingerprint density at radius 1 is 1.00 bits per heavy atom. The number of nitrogens with zero attached hydrogens (tertiary/aromatic N) is 1. The molecule has 3 rings (SSSR count). The fourth-order valence-corrected chi connectivity index (χ4v) is 2.16. The van der Waals surface area contributed by atoms with Gasteiger partial charge >= 0.3 is 0 Å². The van der Waals surface area contributed by atoms with Gasteiger partial charge in [-0.3, -0.25) is 4.79 Å². The molecule has 0 spiro atoms. The number of rotatable bonds is 4. The van der Waals surface area contributed by atoms with Crippen LogP contribution in [0.25, 0.3) is 0 Å². The fourth-order valence-electron chi connectivity index (χ4n) is 2.16. The fraction of sp³-hybridized carbons (Fsp3) is 0.235. The van der Waals surface area contributed by atoms with Gasteiger partial charge in [0.15, 0.2) is 23.0 Å². The molecule has 5 nitrogen and oxygen atoms in total. The first-order valence-electron chi connectivity index (χ1n) is 7.15. The van der Waals surface area contributed by atoms with Crippen LogP contribution in [-0.4, -0.2) is 38.0 Å². The Balaban J connectivity index is 1.74. The van der Waals surface area contributed by atoms with Crippen molar-refractivity contribution in [3.05, 3.63) is 48.0 Å². The lowest BCUT2D eigenvalue weighted by Crippen LogP contribution is -2.31. The normalized spacial score (nSPS) is 12.0. The molecule has 0 unspecified atom stereocenters. The van der Waals surface area contributed by atoms with Gasteiger partial charge in [-0.15, -0.1) is 0 Å². The summed E-state index contributed by atoms with van der Waals surface area (Å²) in [7, 11) is 3.93. The zero-order valence-corrected chi connectivity index (χ0v) is 12.6. The van der Waals surface area contributed by atoms with Crippen molar-refractivity contribution in [3.63, 3.8) is 0 Å². The van der Waals surface area contributed by atoms with Gasteiger partial charge < -0.3 is 19.7 Å². The van der Waals surface area contributed by atoms with E-state index in [1.165, 1.54) is 0 Å². The van der Waals surface area contributed by atoms with Gasteiger partial charge in [-0.05, 0) is 44.4 Å². The predicted octanol–water partition coefficient (Wildman–Crippen LogP) is 2.88. The standard InChI is InChI=1S/C17H18N2O3/c1-19(2)10-9-18-17(20)12-7-8-15-16(11-12)22-14-6-4-3-5-13(14)21-15/h3-8,11H,9-10H2,1-2H3,(H,18,20). The molecular formula is C17H18N2O3. The van der Waals surface area contributed by atoms with Crippen LogP contribution in [0.15, 0.2) is 42.5 Å². The highest BCUT2D eigenvalue weighted by Crippen LogP contribution is 2.45. The summed E-state index contributed by atoms with van der Waals surface area (Å²) in [5, 5.41) is 2.88. The summed E-state index contributed by atoms with van der Waals surface area (Å²) in [4.78, 5) is 14.1. The lowest BCUT2D eigenvalue weighted by atomic mass is 10.1. The van der Waals surface area contributed by atoms with E-state index >= 15 is 0 Å². The highest BCUT2D eigenvalue weighted by molar-refractivity contribution is 5.95. The Morgan fingerprint density at radius 3 is 2.32 bits per heavy atom. The smallest absolute Gasteiger partial charge is 0.251 e. The van der Waals surface area contributed by atoms with Gasteiger partial charge in [0.2, 0.25) is 0 Å². The summed E-state index contributed by atoms with van der Waals surface area (Å²) >= 11 is 0. The summed E-state index contributed by atoms with van der Waals surface area (Å²) in [6.45, 7) is 1.40. The molecule has 1 aliphatic rings. The van der Waals surface area contributed by atoms with E-state index in [4.69, 9.17) is 9.47 Å². The minimum atomic E-state index is -0.118. The summed E-state index contributed by atoms with van der Waals surface area (Å²) in [6.07, 6.45) is 0. The number of nitrogens with one attached hydrogen (secondary N) is 1. The second kappa shape index (κ2) is 6.07. The number of carbonyl (C=O) groups excluding carboxylic acids is 1. The van der Waals surface area contributed by atoms with Crippen molar-refractivity contribution in [3.8, 4) is 23.0 Å². The van der Waals surface area contributed by atoms with E-state index in [0.29, 0.717) is 35.1 Å². The molecule has 1 aliphatic heterocycles. The number of para-hydroxylation sites is 2. The van der Waals surface area contributed by atoms with Gasteiger partial charge in [0.25, 0.3) is 5.91 Å². The minimum Gasteiger partial charge on any atom is -0.450 e. The van der Waals surface area contributed by atoms with E-state index in [9.17, 15) is 4.79 Å². The van der Waals surface area contributed by atoms with Gasteiger partial charge in [0.05, 0.1) is 0 Å². The highest BCUT2D eigenvalue weighted by Gasteiger charge is 2.19. The molecule has 2 aromatic rings. The number of likely N-dealkylation sites (N-methyl/N-ethyl adjacent to an activating group) is 1. The molecule has 0 saturated carbocycles. The largest absolute Gasteiger partial charge is 0.450 e. The summed E-state index contributed by atoms with van der Waals surface area (Å²) in [5.74, 6) is 2.38. The van der Waals surface area contributed by atoms with Crippen molar-refractivity contribution in [2.24, 2.45) is 0 Å². The van der Waals surface area contributed by atoms with E-state index in [1.807, 2.05) is 43.3 Å². The number of fused-ring (bicyclic) bond motifs is 2. The summed E-state index contributed by atoms with van der Waals surface area (Å²) < 4.78 is 11.6. The second-order valence-electron chi connectivity index (χ2n) is 5.37. The van der Waals surface area contributed by atoms with Gasteiger partial charge in [-0.25, -0.2) is 0 Å². The van der Waals surface area contributed by atoms with Crippen LogP contribution in [0.2, 0.25) is 0 Å². The van der Waals surface area contributed by atoms with Crippen LogP contribution < -0.4 is 14.8 Å². The third kappa shape index (κ3) is 3.04. The highest BCUT2D eigenvalue weighted by atomic mass is 16.6. The SMILES string of the molecule is CN(C)CCNC(=O)c1ccc2c(c1)Oc1ccccc1O2. The second-order valence-corrected chi connectivity index (χ2v) is 5.37.